The van der Waals surface area contributed by atoms with E-state index in [1.54, 1.807) is 12.1 Å². The summed E-state index contributed by atoms with van der Waals surface area (Å²) in [5.74, 6) is -1.88. The van der Waals surface area contributed by atoms with Gasteiger partial charge in [0.25, 0.3) is 0 Å². The summed E-state index contributed by atoms with van der Waals surface area (Å²) in [4.78, 5) is 49.4. The van der Waals surface area contributed by atoms with Crippen molar-refractivity contribution in [3.8, 4) is 0 Å². The monoisotopic (exact) mass is 518 g/mol. The second-order valence-corrected chi connectivity index (χ2v) is 8.30. The number of hydrogen-bond donors (Lipinski definition) is 2. The Morgan fingerprint density at radius 2 is 1.05 bits per heavy atom. The van der Waals surface area contributed by atoms with Crippen molar-refractivity contribution >= 4 is 23.9 Å². The standard InChI is InChI=1S/C29H30N2O7/c32-26(36-19-22-10-4-1-5-11-22)17-16-25(28(34)38-21-24-14-8-3-9-15-24)31-29(35)30-18-27(33)37-20-23-12-6-2-7-13-23/h1-15,25H,16-21H2,(H2,30,31,35). The fraction of sp³-hybridized carbons (Fsp3) is 0.241. The van der Waals surface area contributed by atoms with Crippen LogP contribution in [0.5, 0.6) is 0 Å². The highest BCUT2D eigenvalue weighted by atomic mass is 16.5. The molecule has 0 aliphatic rings. The van der Waals surface area contributed by atoms with Gasteiger partial charge in [-0.1, -0.05) is 91.0 Å². The van der Waals surface area contributed by atoms with E-state index >= 15 is 0 Å². The minimum absolute atomic E-state index is 0.00371. The topological polar surface area (TPSA) is 120 Å². The molecule has 0 radical (unpaired) electrons. The van der Waals surface area contributed by atoms with Gasteiger partial charge in [0.15, 0.2) is 0 Å². The number of nitrogens with one attached hydrogen (secondary N) is 2. The summed E-state index contributed by atoms with van der Waals surface area (Å²) >= 11 is 0. The zero-order chi connectivity index (χ0) is 27.0. The maximum atomic E-state index is 12.7. The summed E-state index contributed by atoms with van der Waals surface area (Å²) in [6, 6.07) is 25.4. The number of rotatable bonds is 13. The van der Waals surface area contributed by atoms with E-state index in [0.29, 0.717) is 0 Å². The van der Waals surface area contributed by atoms with Crippen LogP contribution in [0.25, 0.3) is 0 Å². The second-order valence-electron chi connectivity index (χ2n) is 8.30. The van der Waals surface area contributed by atoms with Crippen LogP contribution in [0, 0.1) is 0 Å². The summed E-state index contributed by atoms with van der Waals surface area (Å²) in [6.07, 6.45) is -0.176. The van der Waals surface area contributed by atoms with Crippen LogP contribution in [0.1, 0.15) is 29.5 Å². The van der Waals surface area contributed by atoms with Gasteiger partial charge in [0.1, 0.15) is 32.4 Å². The van der Waals surface area contributed by atoms with Crippen LogP contribution in [0.4, 0.5) is 4.79 Å². The van der Waals surface area contributed by atoms with Crippen LogP contribution in [0.2, 0.25) is 0 Å². The molecule has 0 saturated carbocycles. The van der Waals surface area contributed by atoms with Crippen molar-refractivity contribution in [2.24, 2.45) is 0 Å². The third-order valence-corrected chi connectivity index (χ3v) is 5.33. The van der Waals surface area contributed by atoms with Gasteiger partial charge in [-0.15, -0.1) is 0 Å². The minimum atomic E-state index is -1.14. The Labute approximate surface area is 221 Å². The molecule has 198 valence electrons. The first-order valence-electron chi connectivity index (χ1n) is 12.1. The fourth-order valence-electron chi connectivity index (χ4n) is 3.30. The van der Waals surface area contributed by atoms with E-state index in [-0.39, 0.29) is 32.7 Å². The third kappa shape index (κ3) is 10.5. The second kappa shape index (κ2) is 15.5. The molecular formula is C29H30N2O7. The maximum absolute atomic E-state index is 12.7. The molecule has 0 spiro atoms. The molecule has 0 aromatic heterocycles. The molecule has 9 nitrogen and oxygen atoms in total. The Balaban J connectivity index is 1.48. The van der Waals surface area contributed by atoms with Crippen molar-refractivity contribution in [3.05, 3.63) is 108 Å². The van der Waals surface area contributed by atoms with Crippen LogP contribution in [0.15, 0.2) is 91.0 Å². The number of urea groups is 1. The van der Waals surface area contributed by atoms with E-state index in [9.17, 15) is 19.2 Å². The molecule has 0 fully saturated rings. The summed E-state index contributed by atoms with van der Waals surface area (Å²) in [6.45, 7) is -0.225. The summed E-state index contributed by atoms with van der Waals surface area (Å²) in [5, 5.41) is 4.83. The number of hydrogen-bond acceptors (Lipinski definition) is 7. The summed E-state index contributed by atoms with van der Waals surface area (Å²) < 4.78 is 15.7. The van der Waals surface area contributed by atoms with Crippen LogP contribution in [0.3, 0.4) is 0 Å². The molecule has 2 N–H and O–H groups in total. The van der Waals surface area contributed by atoms with E-state index in [1.165, 1.54) is 0 Å². The lowest BCUT2D eigenvalue weighted by Gasteiger charge is -2.18. The van der Waals surface area contributed by atoms with Gasteiger partial charge < -0.3 is 24.8 Å². The lowest BCUT2D eigenvalue weighted by molar-refractivity contribution is -0.148. The zero-order valence-electron chi connectivity index (χ0n) is 20.8. The molecule has 3 aromatic rings. The number of amides is 2. The highest BCUT2D eigenvalue weighted by molar-refractivity contribution is 5.86. The predicted molar refractivity (Wildman–Crippen MR) is 138 cm³/mol. The lowest BCUT2D eigenvalue weighted by Crippen LogP contribution is -2.48. The predicted octanol–water partition coefficient (Wildman–Crippen LogP) is 3.66. The van der Waals surface area contributed by atoms with Gasteiger partial charge >= 0.3 is 23.9 Å². The van der Waals surface area contributed by atoms with Crippen LogP contribution in [-0.2, 0) is 48.4 Å². The molecular weight excluding hydrogens is 488 g/mol. The van der Waals surface area contributed by atoms with Gasteiger partial charge in [0.2, 0.25) is 0 Å². The quantitative estimate of drug-likeness (QED) is 0.262. The Morgan fingerprint density at radius 3 is 1.55 bits per heavy atom. The largest absolute Gasteiger partial charge is 0.461 e. The van der Waals surface area contributed by atoms with Gasteiger partial charge in [-0.2, -0.15) is 0 Å². The molecule has 3 rings (SSSR count). The minimum Gasteiger partial charge on any atom is -0.461 e. The first-order chi connectivity index (χ1) is 18.5. The number of benzene rings is 3. The van der Waals surface area contributed by atoms with Crippen molar-refractivity contribution in [2.45, 2.75) is 38.7 Å². The number of carbonyl (C=O) groups is 4. The van der Waals surface area contributed by atoms with Crippen molar-refractivity contribution in [1.29, 1.82) is 0 Å². The molecule has 0 aliphatic heterocycles. The molecule has 2 amide bonds. The molecule has 1 unspecified atom stereocenters. The number of carbonyl (C=O) groups excluding carboxylic acids is 4. The van der Waals surface area contributed by atoms with Crippen LogP contribution < -0.4 is 10.6 Å². The Bertz CT molecular complexity index is 1170. The Morgan fingerprint density at radius 1 is 0.605 bits per heavy atom. The first-order valence-corrected chi connectivity index (χ1v) is 12.1. The molecule has 9 heteroatoms. The van der Waals surface area contributed by atoms with E-state index < -0.39 is 36.5 Å². The third-order valence-electron chi connectivity index (χ3n) is 5.33. The van der Waals surface area contributed by atoms with Gasteiger partial charge in [0.05, 0.1) is 0 Å². The smallest absolute Gasteiger partial charge is 0.329 e. The number of ether oxygens (including phenoxy) is 3. The zero-order valence-corrected chi connectivity index (χ0v) is 20.8. The molecule has 1 atom stereocenters. The first kappa shape index (κ1) is 27.9. The van der Waals surface area contributed by atoms with E-state index in [0.717, 1.165) is 16.7 Å². The highest BCUT2D eigenvalue weighted by Crippen LogP contribution is 2.08. The Kier molecular flexibility index (Phi) is 11.4. The van der Waals surface area contributed by atoms with Gasteiger partial charge in [-0.3, -0.25) is 9.59 Å². The SMILES string of the molecule is O=C(NCC(=O)OCc1ccccc1)NC(CCC(=O)OCc1ccccc1)C(=O)OCc1ccccc1. The van der Waals surface area contributed by atoms with Crippen molar-refractivity contribution in [3.63, 3.8) is 0 Å². The van der Waals surface area contributed by atoms with Gasteiger partial charge in [-0.05, 0) is 23.1 Å². The molecule has 0 aliphatic carbocycles. The van der Waals surface area contributed by atoms with Crippen molar-refractivity contribution in [2.75, 3.05) is 6.54 Å². The highest BCUT2D eigenvalue weighted by Gasteiger charge is 2.24. The van der Waals surface area contributed by atoms with E-state index in [2.05, 4.69) is 10.6 Å². The average Bonchev–Trinajstić information content (AvgIpc) is 2.96. The summed E-state index contributed by atoms with van der Waals surface area (Å²) in [5.41, 5.74) is 2.41. The molecule has 0 bridgehead atoms. The molecule has 38 heavy (non-hydrogen) atoms. The van der Waals surface area contributed by atoms with Gasteiger partial charge in [-0.25, -0.2) is 9.59 Å². The van der Waals surface area contributed by atoms with Crippen molar-refractivity contribution < 1.29 is 33.4 Å². The fourth-order valence-corrected chi connectivity index (χ4v) is 3.30. The van der Waals surface area contributed by atoms with E-state index in [1.807, 2.05) is 78.9 Å². The van der Waals surface area contributed by atoms with E-state index in [4.69, 9.17) is 14.2 Å². The van der Waals surface area contributed by atoms with Gasteiger partial charge in [0, 0.05) is 6.42 Å². The van der Waals surface area contributed by atoms with Crippen molar-refractivity contribution in [1.82, 2.24) is 10.6 Å². The molecule has 0 heterocycles. The average molecular weight is 519 g/mol. The van der Waals surface area contributed by atoms with Crippen LogP contribution in [-0.4, -0.2) is 36.5 Å². The lowest BCUT2D eigenvalue weighted by atomic mass is 10.1. The molecule has 0 saturated heterocycles. The normalized spacial score (nSPS) is 11.1. The maximum Gasteiger partial charge on any atom is 0.329 e. The summed E-state index contributed by atoms with van der Waals surface area (Å²) in [7, 11) is 0. The van der Waals surface area contributed by atoms with Crippen LogP contribution >= 0.6 is 0 Å². The number of esters is 3. The molecule has 3 aromatic carbocycles. The Hall–Kier alpha value is -4.66.